The van der Waals surface area contributed by atoms with Gasteiger partial charge in [0.25, 0.3) is 5.91 Å². The van der Waals surface area contributed by atoms with Crippen LogP contribution in [-0.4, -0.2) is 38.1 Å². The van der Waals surface area contributed by atoms with Crippen molar-refractivity contribution in [3.63, 3.8) is 0 Å². The molecule has 0 aliphatic rings. The summed E-state index contributed by atoms with van der Waals surface area (Å²) in [6.07, 6.45) is 1.03. The summed E-state index contributed by atoms with van der Waals surface area (Å²) < 4.78 is 5.55. The first-order chi connectivity index (χ1) is 9.45. The van der Waals surface area contributed by atoms with Gasteiger partial charge in [-0.25, -0.2) is 0 Å². The second-order valence-electron chi connectivity index (χ2n) is 4.63. The highest BCUT2D eigenvalue weighted by Gasteiger charge is 2.13. The van der Waals surface area contributed by atoms with Gasteiger partial charge >= 0.3 is 0 Å². The molecule has 0 unspecified atom stereocenters. The maximum Gasteiger partial charge on any atom is 0.259 e. The van der Waals surface area contributed by atoms with Crippen LogP contribution in [0, 0.1) is 0 Å². The molecular weight excluding hydrogens is 299 g/mol. The highest BCUT2D eigenvalue weighted by molar-refractivity contribution is 6.35. The zero-order valence-corrected chi connectivity index (χ0v) is 13.5. The lowest BCUT2D eigenvalue weighted by molar-refractivity contribution is -0.130. The van der Waals surface area contributed by atoms with Crippen LogP contribution < -0.4 is 10.1 Å². The number of ether oxygens (including phenoxy) is 1. The molecule has 0 aliphatic carbocycles. The molecule has 112 valence electrons. The van der Waals surface area contributed by atoms with Gasteiger partial charge in [-0.15, -0.1) is 0 Å². The van der Waals surface area contributed by atoms with Crippen LogP contribution in [0.25, 0.3) is 0 Å². The summed E-state index contributed by atoms with van der Waals surface area (Å²) in [6, 6.07) is 3.41. The lowest BCUT2D eigenvalue weighted by Gasteiger charge is -2.16. The normalized spacial score (nSPS) is 10.4. The number of likely N-dealkylation sites (N-methyl/N-ethyl adjacent to an activating group) is 1. The molecule has 1 N–H and O–H groups in total. The van der Waals surface area contributed by atoms with Crippen molar-refractivity contribution in [3.05, 3.63) is 27.7 Å². The van der Waals surface area contributed by atoms with Crippen LogP contribution in [0.1, 0.15) is 18.9 Å². The van der Waals surface area contributed by atoms with E-state index in [-0.39, 0.29) is 12.5 Å². The van der Waals surface area contributed by atoms with Gasteiger partial charge in [0.1, 0.15) is 5.75 Å². The molecule has 0 atom stereocenters. The molecule has 0 saturated heterocycles. The zero-order valence-electron chi connectivity index (χ0n) is 12.0. The van der Waals surface area contributed by atoms with Crippen LogP contribution in [0.2, 0.25) is 10.0 Å². The molecule has 0 spiro atoms. The van der Waals surface area contributed by atoms with Crippen LogP contribution in [0.3, 0.4) is 0 Å². The molecule has 0 bridgehead atoms. The smallest absolute Gasteiger partial charge is 0.259 e. The summed E-state index contributed by atoms with van der Waals surface area (Å²) >= 11 is 12.2. The molecule has 0 aromatic heterocycles. The second-order valence-corrected chi connectivity index (χ2v) is 5.47. The maximum absolute atomic E-state index is 11.6. The molecule has 4 nitrogen and oxygen atoms in total. The topological polar surface area (TPSA) is 41.6 Å². The Hall–Kier alpha value is -0.970. The first kappa shape index (κ1) is 17.1. The van der Waals surface area contributed by atoms with Crippen LogP contribution in [0.4, 0.5) is 0 Å². The van der Waals surface area contributed by atoms with E-state index >= 15 is 0 Å². The van der Waals surface area contributed by atoms with Crippen LogP contribution in [0.5, 0.6) is 5.75 Å². The van der Waals surface area contributed by atoms with Crippen molar-refractivity contribution in [2.45, 2.75) is 19.9 Å². The third-order valence-electron chi connectivity index (χ3n) is 2.67. The van der Waals surface area contributed by atoms with Gasteiger partial charge in [-0.05, 0) is 25.1 Å². The minimum atomic E-state index is -0.122. The lowest BCUT2D eigenvalue weighted by atomic mass is 10.2. The van der Waals surface area contributed by atoms with Gasteiger partial charge in [0.2, 0.25) is 0 Å². The van der Waals surface area contributed by atoms with Crippen molar-refractivity contribution < 1.29 is 9.53 Å². The Labute approximate surface area is 130 Å². The number of nitrogens with zero attached hydrogens (tertiary/aromatic N) is 1. The average molecular weight is 319 g/mol. The second kappa shape index (κ2) is 8.35. The van der Waals surface area contributed by atoms with Crippen molar-refractivity contribution in [1.29, 1.82) is 0 Å². The molecule has 6 heteroatoms. The standard InChI is InChI=1S/C14H20Cl2N2O2/c1-4-5-17-8-10-6-11(15)7-12(16)14(10)20-9-13(19)18(2)3/h6-7,17H,4-5,8-9H2,1-3H3. The molecular formula is C14H20Cl2N2O2. The number of halogens is 2. The number of carbonyl (C=O) groups is 1. The summed E-state index contributed by atoms with van der Waals surface area (Å²) in [4.78, 5) is 13.1. The Balaban J connectivity index is 2.83. The van der Waals surface area contributed by atoms with Crippen molar-refractivity contribution in [2.75, 3.05) is 27.2 Å². The van der Waals surface area contributed by atoms with E-state index in [4.69, 9.17) is 27.9 Å². The molecule has 0 heterocycles. The summed E-state index contributed by atoms with van der Waals surface area (Å²) in [5.74, 6) is 0.387. The van der Waals surface area contributed by atoms with Crippen molar-refractivity contribution in [3.8, 4) is 5.75 Å². The third-order valence-corrected chi connectivity index (χ3v) is 3.17. The molecule has 20 heavy (non-hydrogen) atoms. The first-order valence-corrected chi connectivity index (χ1v) is 7.22. The number of rotatable bonds is 7. The van der Waals surface area contributed by atoms with E-state index < -0.39 is 0 Å². The highest BCUT2D eigenvalue weighted by Crippen LogP contribution is 2.32. The SMILES string of the molecule is CCCNCc1cc(Cl)cc(Cl)c1OCC(=O)N(C)C. The van der Waals surface area contributed by atoms with Crippen LogP contribution >= 0.6 is 23.2 Å². The van der Waals surface area contributed by atoms with Crippen LogP contribution in [-0.2, 0) is 11.3 Å². The maximum atomic E-state index is 11.6. The Bertz CT molecular complexity index is 465. The predicted molar refractivity (Wildman–Crippen MR) is 82.6 cm³/mol. The molecule has 0 aliphatic heterocycles. The molecule has 1 amide bonds. The minimum Gasteiger partial charge on any atom is -0.482 e. The Morgan fingerprint density at radius 1 is 1.35 bits per heavy atom. The number of carbonyl (C=O) groups excluding carboxylic acids is 1. The van der Waals surface area contributed by atoms with E-state index in [0.29, 0.717) is 22.3 Å². The van der Waals surface area contributed by atoms with E-state index in [1.165, 1.54) is 4.90 Å². The molecule has 0 saturated carbocycles. The average Bonchev–Trinajstić information content (AvgIpc) is 2.37. The molecule has 1 aromatic rings. The summed E-state index contributed by atoms with van der Waals surface area (Å²) in [7, 11) is 3.36. The van der Waals surface area contributed by atoms with Gasteiger partial charge in [0.15, 0.2) is 6.61 Å². The van der Waals surface area contributed by atoms with Gasteiger partial charge in [-0.2, -0.15) is 0 Å². The molecule has 1 aromatic carbocycles. The van der Waals surface area contributed by atoms with E-state index in [1.54, 1.807) is 26.2 Å². The van der Waals surface area contributed by atoms with E-state index in [1.807, 2.05) is 0 Å². The fourth-order valence-corrected chi connectivity index (χ4v) is 2.16. The van der Waals surface area contributed by atoms with Crippen LogP contribution in [0.15, 0.2) is 12.1 Å². The minimum absolute atomic E-state index is 0.0465. The summed E-state index contributed by atoms with van der Waals surface area (Å²) in [6.45, 7) is 3.53. The number of amides is 1. The highest BCUT2D eigenvalue weighted by atomic mass is 35.5. The predicted octanol–water partition coefficient (Wildman–Crippen LogP) is 2.96. The van der Waals surface area contributed by atoms with Gasteiger partial charge in [-0.1, -0.05) is 30.1 Å². The third kappa shape index (κ3) is 5.19. The Morgan fingerprint density at radius 2 is 2.05 bits per heavy atom. The first-order valence-electron chi connectivity index (χ1n) is 6.47. The van der Waals surface area contributed by atoms with E-state index in [2.05, 4.69) is 12.2 Å². The fraction of sp³-hybridized carbons (Fsp3) is 0.500. The molecule has 1 rings (SSSR count). The van der Waals surface area contributed by atoms with Gasteiger partial charge in [0, 0.05) is 31.2 Å². The summed E-state index contributed by atoms with van der Waals surface area (Å²) in [5.41, 5.74) is 0.850. The quantitative estimate of drug-likeness (QED) is 0.786. The van der Waals surface area contributed by atoms with Crippen molar-refractivity contribution in [1.82, 2.24) is 10.2 Å². The summed E-state index contributed by atoms with van der Waals surface area (Å²) in [5, 5.41) is 4.23. The van der Waals surface area contributed by atoms with E-state index in [0.717, 1.165) is 18.5 Å². The van der Waals surface area contributed by atoms with Crippen molar-refractivity contribution in [2.24, 2.45) is 0 Å². The lowest BCUT2D eigenvalue weighted by Crippen LogP contribution is -2.28. The fourth-order valence-electron chi connectivity index (χ4n) is 1.57. The van der Waals surface area contributed by atoms with Gasteiger partial charge in [0.05, 0.1) is 5.02 Å². The largest absolute Gasteiger partial charge is 0.482 e. The Morgan fingerprint density at radius 3 is 2.65 bits per heavy atom. The monoisotopic (exact) mass is 318 g/mol. The number of hydrogen-bond acceptors (Lipinski definition) is 3. The Kier molecular flexibility index (Phi) is 7.13. The molecule has 0 radical (unpaired) electrons. The van der Waals surface area contributed by atoms with Gasteiger partial charge < -0.3 is 15.0 Å². The van der Waals surface area contributed by atoms with E-state index in [9.17, 15) is 4.79 Å². The van der Waals surface area contributed by atoms with Gasteiger partial charge in [-0.3, -0.25) is 4.79 Å². The van der Waals surface area contributed by atoms with Crippen molar-refractivity contribution >= 4 is 29.1 Å². The molecule has 0 fully saturated rings. The number of benzene rings is 1. The number of nitrogens with one attached hydrogen (secondary N) is 1. The zero-order chi connectivity index (χ0) is 15.1. The number of hydrogen-bond donors (Lipinski definition) is 1.